The third-order valence-electron chi connectivity index (χ3n) is 2.96. The van der Waals surface area contributed by atoms with Crippen LogP contribution in [0.2, 0.25) is 5.15 Å². The van der Waals surface area contributed by atoms with Crippen molar-refractivity contribution in [3.05, 3.63) is 34.7 Å². The molecule has 0 saturated heterocycles. The molecule has 3 aromatic rings. The average molecular weight is 331 g/mol. The Morgan fingerprint density at radius 1 is 1.32 bits per heavy atom. The summed E-state index contributed by atoms with van der Waals surface area (Å²) in [6.45, 7) is 0. The number of carbonyl (C=O) groups excluding carboxylic acids is 1. The first kappa shape index (κ1) is 14.5. The van der Waals surface area contributed by atoms with Crippen molar-refractivity contribution in [3.8, 4) is 0 Å². The zero-order chi connectivity index (χ0) is 16.1. The summed E-state index contributed by atoms with van der Waals surface area (Å²) in [5, 5.41) is 6.31. The molecule has 0 atom stereocenters. The number of nitrogens with zero attached hydrogens (tertiary/aromatic N) is 4. The number of ether oxygens (including phenoxy) is 1. The highest BCUT2D eigenvalue weighted by Crippen LogP contribution is 2.31. The van der Waals surface area contributed by atoms with E-state index in [0.717, 1.165) is 4.40 Å². The molecule has 1 aromatic carbocycles. The molecule has 0 N–H and O–H groups in total. The summed E-state index contributed by atoms with van der Waals surface area (Å²) in [7, 11) is 1.17. The quantitative estimate of drug-likeness (QED) is 0.642. The lowest BCUT2D eigenvalue weighted by atomic mass is 10.2. The SMILES string of the molecule is COC(=O)c1ccc2nc(Cl)c3nnc(C(F)(F)F)n3c2c1. The van der Waals surface area contributed by atoms with Crippen LogP contribution in [0.3, 0.4) is 0 Å². The maximum absolute atomic E-state index is 13.1. The number of halogens is 4. The largest absolute Gasteiger partial charge is 0.465 e. The topological polar surface area (TPSA) is 69.4 Å². The lowest BCUT2D eigenvalue weighted by molar-refractivity contribution is -0.145. The summed E-state index contributed by atoms with van der Waals surface area (Å²) in [5.41, 5.74) is -0.0131. The fourth-order valence-electron chi connectivity index (χ4n) is 2.03. The van der Waals surface area contributed by atoms with Crippen LogP contribution >= 0.6 is 11.6 Å². The van der Waals surface area contributed by atoms with E-state index >= 15 is 0 Å². The number of carbonyl (C=O) groups is 1. The highest BCUT2D eigenvalue weighted by Gasteiger charge is 2.38. The Morgan fingerprint density at radius 2 is 2.05 bits per heavy atom. The average Bonchev–Trinajstić information content (AvgIpc) is 2.92. The molecule has 2 heterocycles. The van der Waals surface area contributed by atoms with Gasteiger partial charge in [-0.2, -0.15) is 13.2 Å². The summed E-state index contributed by atoms with van der Waals surface area (Å²) < 4.78 is 44.4. The van der Waals surface area contributed by atoms with Gasteiger partial charge in [0.1, 0.15) is 0 Å². The summed E-state index contributed by atoms with van der Waals surface area (Å²) >= 11 is 5.84. The van der Waals surface area contributed by atoms with Gasteiger partial charge in [0.25, 0.3) is 0 Å². The Balaban J connectivity index is 2.45. The van der Waals surface area contributed by atoms with Crippen LogP contribution in [0.4, 0.5) is 13.2 Å². The van der Waals surface area contributed by atoms with Crippen molar-refractivity contribution in [2.45, 2.75) is 6.18 Å². The van der Waals surface area contributed by atoms with Gasteiger partial charge in [0.15, 0.2) is 10.8 Å². The minimum atomic E-state index is -4.74. The number of rotatable bonds is 1. The number of aromatic nitrogens is 4. The second-order valence-corrected chi connectivity index (χ2v) is 4.64. The molecule has 114 valence electrons. The zero-order valence-corrected chi connectivity index (χ0v) is 11.6. The monoisotopic (exact) mass is 330 g/mol. The Bertz CT molecular complexity index is 907. The van der Waals surface area contributed by atoms with E-state index in [1.54, 1.807) is 0 Å². The number of hydrogen-bond donors (Lipinski definition) is 0. The van der Waals surface area contributed by atoms with Gasteiger partial charge < -0.3 is 4.74 Å². The molecule has 0 aliphatic rings. The van der Waals surface area contributed by atoms with Crippen molar-refractivity contribution in [2.75, 3.05) is 7.11 Å². The van der Waals surface area contributed by atoms with Gasteiger partial charge in [0, 0.05) is 0 Å². The predicted octanol–water partition coefficient (Wildman–Crippen LogP) is 2.74. The zero-order valence-electron chi connectivity index (χ0n) is 10.8. The van der Waals surface area contributed by atoms with E-state index in [1.165, 1.54) is 25.3 Å². The van der Waals surface area contributed by atoms with Crippen LogP contribution in [-0.4, -0.2) is 32.7 Å². The molecule has 2 aromatic heterocycles. The van der Waals surface area contributed by atoms with Crippen molar-refractivity contribution in [1.29, 1.82) is 0 Å². The van der Waals surface area contributed by atoms with Crippen LogP contribution in [-0.2, 0) is 10.9 Å². The van der Waals surface area contributed by atoms with Crippen LogP contribution in [0, 0.1) is 0 Å². The van der Waals surface area contributed by atoms with Crippen LogP contribution in [0.1, 0.15) is 16.2 Å². The van der Waals surface area contributed by atoms with Gasteiger partial charge in [-0.05, 0) is 18.2 Å². The third-order valence-corrected chi connectivity index (χ3v) is 3.21. The molecule has 0 aliphatic heterocycles. The molecule has 10 heteroatoms. The second kappa shape index (κ2) is 4.80. The molecular formula is C12H6ClF3N4O2. The number of fused-ring (bicyclic) bond motifs is 3. The van der Waals surface area contributed by atoms with E-state index in [1.807, 2.05) is 0 Å². The fraction of sp³-hybridized carbons (Fsp3) is 0.167. The van der Waals surface area contributed by atoms with Gasteiger partial charge in [-0.1, -0.05) is 11.6 Å². The normalized spacial score (nSPS) is 12.0. The van der Waals surface area contributed by atoms with Crippen molar-refractivity contribution in [2.24, 2.45) is 0 Å². The van der Waals surface area contributed by atoms with Crippen LogP contribution in [0.5, 0.6) is 0 Å². The molecule has 3 rings (SSSR count). The molecule has 0 spiro atoms. The van der Waals surface area contributed by atoms with E-state index in [9.17, 15) is 18.0 Å². The molecule has 22 heavy (non-hydrogen) atoms. The van der Waals surface area contributed by atoms with E-state index in [2.05, 4.69) is 19.9 Å². The van der Waals surface area contributed by atoms with Crippen molar-refractivity contribution in [1.82, 2.24) is 19.6 Å². The molecule has 0 bridgehead atoms. The Morgan fingerprint density at radius 3 is 2.68 bits per heavy atom. The summed E-state index contributed by atoms with van der Waals surface area (Å²) in [6.07, 6.45) is -4.74. The summed E-state index contributed by atoms with van der Waals surface area (Å²) in [5.74, 6) is -1.94. The standard InChI is InChI=1S/C12H6ClF3N4O2/c1-22-10(21)5-2-3-6-7(4-5)20-9(8(13)17-6)18-19-11(20)12(14,15)16/h2-4H,1H3. The molecule has 0 aliphatic carbocycles. The van der Waals surface area contributed by atoms with Gasteiger partial charge in [0.2, 0.25) is 5.82 Å². The number of alkyl halides is 3. The molecule has 0 fully saturated rings. The molecule has 0 radical (unpaired) electrons. The first-order valence-corrected chi connectivity index (χ1v) is 6.20. The van der Waals surface area contributed by atoms with Gasteiger partial charge in [-0.25, -0.2) is 9.78 Å². The number of methoxy groups -OCH3 is 1. The second-order valence-electron chi connectivity index (χ2n) is 4.28. The van der Waals surface area contributed by atoms with E-state index in [-0.39, 0.29) is 27.4 Å². The minimum absolute atomic E-state index is 0.000347. The molecule has 0 amide bonds. The van der Waals surface area contributed by atoms with Gasteiger partial charge in [0.05, 0.1) is 23.7 Å². The Labute approximate surface area is 125 Å². The van der Waals surface area contributed by atoms with E-state index in [0.29, 0.717) is 0 Å². The molecule has 0 saturated carbocycles. The fourth-order valence-corrected chi connectivity index (χ4v) is 2.24. The minimum Gasteiger partial charge on any atom is -0.465 e. The molecular weight excluding hydrogens is 325 g/mol. The van der Waals surface area contributed by atoms with Crippen molar-refractivity contribution < 1.29 is 22.7 Å². The smallest absolute Gasteiger partial charge is 0.452 e. The highest BCUT2D eigenvalue weighted by atomic mass is 35.5. The van der Waals surface area contributed by atoms with Crippen LogP contribution in [0.15, 0.2) is 18.2 Å². The maximum atomic E-state index is 13.1. The first-order chi connectivity index (χ1) is 10.3. The maximum Gasteiger partial charge on any atom is 0.452 e. The number of hydrogen-bond acceptors (Lipinski definition) is 5. The van der Waals surface area contributed by atoms with Gasteiger partial charge in [-0.3, -0.25) is 4.40 Å². The van der Waals surface area contributed by atoms with E-state index < -0.39 is 18.0 Å². The van der Waals surface area contributed by atoms with Gasteiger partial charge in [-0.15, -0.1) is 10.2 Å². The first-order valence-electron chi connectivity index (χ1n) is 5.83. The predicted molar refractivity (Wildman–Crippen MR) is 69.6 cm³/mol. The van der Waals surface area contributed by atoms with E-state index in [4.69, 9.17) is 11.6 Å². The molecule has 0 unspecified atom stereocenters. The van der Waals surface area contributed by atoms with Crippen LogP contribution in [0.25, 0.3) is 16.7 Å². The summed E-state index contributed by atoms with van der Waals surface area (Å²) in [4.78, 5) is 15.5. The van der Waals surface area contributed by atoms with Crippen LogP contribution < -0.4 is 0 Å². The Kier molecular flexibility index (Phi) is 3.17. The van der Waals surface area contributed by atoms with Crippen molar-refractivity contribution in [3.63, 3.8) is 0 Å². The Hall–Kier alpha value is -2.42. The molecule has 6 nitrogen and oxygen atoms in total. The number of benzene rings is 1. The highest BCUT2D eigenvalue weighted by molar-refractivity contribution is 6.32. The lowest BCUT2D eigenvalue weighted by Gasteiger charge is -2.08. The third kappa shape index (κ3) is 2.13. The number of esters is 1. The lowest BCUT2D eigenvalue weighted by Crippen LogP contribution is -2.12. The summed E-state index contributed by atoms with van der Waals surface area (Å²) in [6, 6.07) is 3.96. The van der Waals surface area contributed by atoms with Crippen molar-refractivity contribution >= 4 is 34.3 Å². The van der Waals surface area contributed by atoms with Gasteiger partial charge >= 0.3 is 12.1 Å².